The molecule has 0 bridgehead atoms. The van der Waals surface area contributed by atoms with Gasteiger partial charge in [-0.3, -0.25) is 4.55 Å². The Balaban J connectivity index is 0.00000338. The van der Waals surface area contributed by atoms with Crippen molar-refractivity contribution in [2.45, 2.75) is 30.7 Å². The van der Waals surface area contributed by atoms with Gasteiger partial charge >= 0.3 is 103 Å². The van der Waals surface area contributed by atoms with Crippen LogP contribution in [0.4, 0.5) is 0 Å². The molecule has 0 amide bonds. The number of hydrogen-bond acceptors (Lipinski definition) is 5. The smallest absolute Gasteiger partial charge is 0.810 e. The maximum absolute atomic E-state index is 11.1. The minimum Gasteiger partial charge on any atom is -0.810 e. The largest absolute Gasteiger partial charge is 1.00 e. The van der Waals surface area contributed by atoms with Crippen LogP contribution in [0.15, 0.2) is 54.6 Å². The van der Waals surface area contributed by atoms with Gasteiger partial charge in [-0.2, -0.15) is 8.42 Å². The van der Waals surface area contributed by atoms with Crippen molar-refractivity contribution < 1.29 is 130 Å². The maximum Gasteiger partial charge on any atom is 1.00 e. The summed E-state index contributed by atoms with van der Waals surface area (Å²) >= 11 is 0. The van der Waals surface area contributed by atoms with Crippen LogP contribution in [0.5, 0.6) is 0 Å². The predicted molar refractivity (Wildman–Crippen MR) is 91.6 cm³/mol. The van der Waals surface area contributed by atoms with Crippen molar-refractivity contribution in [2.24, 2.45) is 0 Å². The molecular weight excluding hydrogens is 441 g/mol. The van der Waals surface area contributed by atoms with E-state index >= 15 is 0 Å². The first kappa shape index (κ1) is 28.8. The second-order valence-electron chi connectivity index (χ2n) is 5.88. The molecule has 1 N–H and O–H groups in total. The molecule has 27 heavy (non-hydrogen) atoms. The van der Waals surface area contributed by atoms with Crippen molar-refractivity contribution in [1.29, 1.82) is 0 Å². The number of aryl methyl sites for hydroxylation is 1. The Bertz CT molecular complexity index is 855. The summed E-state index contributed by atoms with van der Waals surface area (Å²) in [6, 6.07) is 17.6. The third-order valence-corrected chi connectivity index (χ3v) is 7.32. The van der Waals surface area contributed by atoms with Gasteiger partial charge in [-0.05, 0) is 50.0 Å². The molecule has 10 heteroatoms. The molecule has 2 aromatic carbocycles. The first-order chi connectivity index (χ1) is 11.7. The van der Waals surface area contributed by atoms with Crippen LogP contribution in [0.25, 0.3) is 0 Å². The van der Waals surface area contributed by atoms with Crippen LogP contribution in [0.2, 0.25) is 0 Å². The van der Waals surface area contributed by atoms with Gasteiger partial charge in [-0.25, -0.2) is 0 Å². The molecule has 0 aromatic heterocycles. The summed E-state index contributed by atoms with van der Waals surface area (Å²) in [5, 5.41) is 0. The zero-order valence-corrected chi connectivity index (χ0v) is 23.4. The van der Waals surface area contributed by atoms with Crippen LogP contribution < -0.4 is 113 Å². The minimum absolute atomic E-state index is 0. The SMILES string of the molecule is O=P([O-])([O-])C(CCCc1cccc(Cc2ccccc2)c1)S(=O)(=O)O.[K+].[K+]. The van der Waals surface area contributed by atoms with E-state index in [0.29, 0.717) is 6.42 Å². The van der Waals surface area contributed by atoms with Gasteiger partial charge in [0.25, 0.3) is 10.1 Å². The van der Waals surface area contributed by atoms with E-state index in [-0.39, 0.29) is 109 Å². The van der Waals surface area contributed by atoms with Gasteiger partial charge in [0.05, 0.1) is 0 Å². The Morgan fingerprint density at radius 3 is 2.04 bits per heavy atom. The molecule has 0 heterocycles. The number of benzene rings is 2. The fraction of sp³-hybridized carbons (Fsp3) is 0.294. The first-order valence-corrected chi connectivity index (χ1v) is 10.9. The van der Waals surface area contributed by atoms with Crippen LogP contribution in [0.1, 0.15) is 29.5 Å². The van der Waals surface area contributed by atoms with Crippen LogP contribution in [0.3, 0.4) is 0 Å². The van der Waals surface area contributed by atoms with Gasteiger partial charge in [-0.1, -0.05) is 54.6 Å². The van der Waals surface area contributed by atoms with Crippen molar-refractivity contribution in [1.82, 2.24) is 0 Å². The minimum atomic E-state index is -5.41. The summed E-state index contributed by atoms with van der Waals surface area (Å²) in [7, 11) is -10.3. The van der Waals surface area contributed by atoms with Crippen LogP contribution >= 0.6 is 7.60 Å². The Morgan fingerprint density at radius 1 is 0.926 bits per heavy atom. The zero-order valence-electron chi connectivity index (χ0n) is 15.4. The van der Waals surface area contributed by atoms with Gasteiger partial charge in [0.2, 0.25) is 0 Å². The Hall–Kier alpha value is 1.77. The zero-order chi connectivity index (χ0) is 18.5. The molecule has 0 aliphatic heterocycles. The summed E-state index contributed by atoms with van der Waals surface area (Å²) in [5.74, 6) is 0. The van der Waals surface area contributed by atoms with Gasteiger partial charge in [0.1, 0.15) is 4.99 Å². The topological polar surface area (TPSA) is 118 Å². The second kappa shape index (κ2) is 13.2. The van der Waals surface area contributed by atoms with Crippen molar-refractivity contribution in [3.8, 4) is 0 Å². The molecule has 0 fully saturated rings. The van der Waals surface area contributed by atoms with E-state index < -0.39 is 29.1 Å². The molecule has 2 rings (SSSR count). The molecule has 0 saturated carbocycles. The molecule has 2 aromatic rings. The monoisotopic (exact) mass is 460 g/mol. The van der Waals surface area contributed by atoms with Crippen molar-refractivity contribution >= 4 is 17.7 Å². The van der Waals surface area contributed by atoms with Crippen molar-refractivity contribution in [3.63, 3.8) is 0 Å². The fourth-order valence-corrected chi connectivity index (χ4v) is 4.95. The van der Waals surface area contributed by atoms with Crippen LogP contribution in [0, 0.1) is 0 Å². The van der Waals surface area contributed by atoms with E-state index in [4.69, 9.17) is 4.55 Å². The molecule has 136 valence electrons. The molecule has 0 aliphatic rings. The second-order valence-corrected chi connectivity index (χ2v) is 9.54. The van der Waals surface area contributed by atoms with E-state index in [9.17, 15) is 22.8 Å². The third kappa shape index (κ3) is 10.6. The van der Waals surface area contributed by atoms with Crippen molar-refractivity contribution in [2.75, 3.05) is 0 Å². The van der Waals surface area contributed by atoms with Crippen molar-refractivity contribution in [3.05, 3.63) is 71.3 Å². The predicted octanol–water partition coefficient (Wildman–Crippen LogP) is -4.26. The quantitative estimate of drug-likeness (QED) is 0.242. The molecule has 0 radical (unpaired) electrons. The summed E-state index contributed by atoms with van der Waals surface area (Å²) in [6.45, 7) is 0. The van der Waals surface area contributed by atoms with E-state index in [1.807, 2.05) is 54.6 Å². The van der Waals surface area contributed by atoms with Gasteiger partial charge < -0.3 is 14.4 Å². The average Bonchev–Trinajstić information content (AvgIpc) is 2.50. The molecule has 1 unspecified atom stereocenters. The Morgan fingerprint density at radius 2 is 1.48 bits per heavy atom. The third-order valence-electron chi connectivity index (χ3n) is 3.86. The standard InChI is InChI=1S/C17H21O6PS.2K/c18-24(19,20)17(25(21,22)23)11-5-9-15-8-4-10-16(13-15)12-14-6-2-1-3-7-14;;/h1-4,6-8,10,13,17H,5,9,11-12H2,(H2,18,19,20)(H,21,22,23);;/q;2*+1/p-2. The Kier molecular flexibility index (Phi) is 14.1. The molecular formula is C17H19K2O6PS. The molecule has 1 atom stereocenters. The van der Waals surface area contributed by atoms with E-state index in [2.05, 4.69) is 0 Å². The van der Waals surface area contributed by atoms with Crippen LogP contribution in [-0.2, 0) is 27.5 Å². The van der Waals surface area contributed by atoms with Gasteiger partial charge in [-0.15, -0.1) is 0 Å². The molecule has 0 spiro atoms. The normalized spacial score (nSPS) is 12.6. The van der Waals surface area contributed by atoms with Gasteiger partial charge in [0, 0.05) is 0 Å². The summed E-state index contributed by atoms with van der Waals surface area (Å²) in [4.78, 5) is 19.7. The summed E-state index contributed by atoms with van der Waals surface area (Å²) < 4.78 is 42.1. The average molecular weight is 461 g/mol. The van der Waals surface area contributed by atoms with Gasteiger partial charge in [0.15, 0.2) is 0 Å². The Labute approximate surface area is 245 Å². The van der Waals surface area contributed by atoms with E-state index in [1.165, 1.54) is 0 Å². The fourth-order valence-electron chi connectivity index (χ4n) is 2.68. The van der Waals surface area contributed by atoms with E-state index in [0.717, 1.165) is 23.1 Å². The summed E-state index contributed by atoms with van der Waals surface area (Å²) in [5.41, 5.74) is 3.15. The first-order valence-electron chi connectivity index (χ1n) is 7.76. The molecule has 6 nitrogen and oxygen atoms in total. The molecule has 0 saturated heterocycles. The number of hydrogen-bond donors (Lipinski definition) is 1. The number of rotatable bonds is 8. The summed E-state index contributed by atoms with van der Waals surface area (Å²) in [6.07, 6.45) is 0.896. The van der Waals surface area contributed by atoms with E-state index in [1.54, 1.807) is 0 Å². The van der Waals surface area contributed by atoms with Crippen LogP contribution in [-0.4, -0.2) is 18.0 Å². The maximum atomic E-state index is 11.1. The molecule has 0 aliphatic carbocycles.